The molecule has 2 heterocycles. The number of aromatic nitrogens is 2. The Morgan fingerprint density at radius 2 is 2.04 bits per heavy atom. The van der Waals surface area contributed by atoms with E-state index in [1.807, 2.05) is 12.1 Å². The lowest BCUT2D eigenvalue weighted by Crippen LogP contribution is -2.87. The number of nitrogens with zero attached hydrogens (tertiary/aromatic N) is 1. The number of aromatic hydroxyl groups is 1. The Hall–Kier alpha value is -2.32. The first-order chi connectivity index (χ1) is 13.0. The normalized spacial score (nSPS) is 16.0. The highest BCUT2D eigenvalue weighted by Gasteiger charge is 2.32. The van der Waals surface area contributed by atoms with Crippen molar-refractivity contribution in [1.29, 1.82) is 0 Å². The van der Waals surface area contributed by atoms with Gasteiger partial charge >= 0.3 is 0 Å². The van der Waals surface area contributed by atoms with E-state index < -0.39 is 0 Å². The number of hydrogen-bond acceptors (Lipinski definition) is 5. The summed E-state index contributed by atoms with van der Waals surface area (Å²) in [5, 5.41) is 12.9. The van der Waals surface area contributed by atoms with Crippen LogP contribution in [0.1, 0.15) is 42.5 Å². The lowest BCUT2D eigenvalue weighted by Gasteiger charge is -2.26. The molecule has 1 aliphatic heterocycles. The van der Waals surface area contributed by atoms with E-state index >= 15 is 0 Å². The third kappa shape index (κ3) is 3.59. The zero-order valence-corrected chi connectivity index (χ0v) is 16.7. The minimum atomic E-state index is -0.353. The molecule has 1 aromatic heterocycles. The molecular formula is C19H26N3O4S+. The molecule has 7 nitrogen and oxygen atoms in total. The van der Waals surface area contributed by atoms with E-state index in [-0.39, 0.29) is 22.3 Å². The van der Waals surface area contributed by atoms with Crippen molar-refractivity contribution in [3.05, 3.63) is 43.9 Å². The molecular weight excluding hydrogens is 366 g/mol. The van der Waals surface area contributed by atoms with Gasteiger partial charge in [0.2, 0.25) is 5.88 Å². The number of rotatable bonds is 6. The summed E-state index contributed by atoms with van der Waals surface area (Å²) in [5.74, 6) is 1.21. The third-order valence-electron chi connectivity index (χ3n) is 5.05. The Morgan fingerprint density at radius 1 is 1.33 bits per heavy atom. The number of unbranched alkanes of at least 4 members (excludes halogenated alkanes) is 1. The number of ether oxygens (including phenoxy) is 2. The molecule has 0 saturated carbocycles. The summed E-state index contributed by atoms with van der Waals surface area (Å²) in [6, 6.07) is 3.51. The number of nitrogens with two attached hydrogens (primary N) is 1. The van der Waals surface area contributed by atoms with E-state index in [0.717, 1.165) is 36.9 Å². The molecule has 3 rings (SSSR count). The fraction of sp³-hybridized carbons (Fsp3) is 0.474. The smallest absolute Gasteiger partial charge is 0.265 e. The summed E-state index contributed by atoms with van der Waals surface area (Å²) in [4.78, 5) is 15.4. The number of quaternary nitrogens is 1. The van der Waals surface area contributed by atoms with Crippen LogP contribution in [-0.2, 0) is 13.0 Å². The Labute approximate surface area is 163 Å². The van der Waals surface area contributed by atoms with Gasteiger partial charge in [-0.05, 0) is 36.3 Å². The molecule has 2 aromatic rings. The van der Waals surface area contributed by atoms with Crippen molar-refractivity contribution in [3.8, 4) is 17.4 Å². The third-order valence-corrected chi connectivity index (χ3v) is 5.37. The van der Waals surface area contributed by atoms with Crippen molar-refractivity contribution >= 4 is 12.2 Å². The van der Waals surface area contributed by atoms with Crippen molar-refractivity contribution in [2.75, 3.05) is 20.8 Å². The van der Waals surface area contributed by atoms with E-state index in [4.69, 9.17) is 21.7 Å². The van der Waals surface area contributed by atoms with Gasteiger partial charge in [0.15, 0.2) is 16.3 Å². The zero-order valence-electron chi connectivity index (χ0n) is 15.9. The van der Waals surface area contributed by atoms with Gasteiger partial charge in [0, 0.05) is 18.5 Å². The minimum absolute atomic E-state index is 0.0546. The average Bonchev–Trinajstić information content (AvgIpc) is 2.66. The van der Waals surface area contributed by atoms with Gasteiger partial charge in [-0.15, -0.1) is 0 Å². The van der Waals surface area contributed by atoms with Gasteiger partial charge in [0.05, 0.1) is 20.8 Å². The topological polar surface area (TPSA) is 93.1 Å². The van der Waals surface area contributed by atoms with Crippen molar-refractivity contribution in [2.45, 2.75) is 38.8 Å². The number of H-pyrrole nitrogens is 1. The molecule has 8 heteroatoms. The molecule has 1 atom stereocenters. The number of fused-ring (bicyclic) bond motifs is 1. The van der Waals surface area contributed by atoms with Crippen molar-refractivity contribution in [1.82, 2.24) is 9.55 Å². The van der Waals surface area contributed by atoms with Gasteiger partial charge in [-0.1, -0.05) is 13.3 Å². The fourth-order valence-electron chi connectivity index (χ4n) is 3.63. The van der Waals surface area contributed by atoms with Gasteiger partial charge in [0.1, 0.15) is 11.6 Å². The highest BCUT2D eigenvalue weighted by atomic mass is 32.1. The van der Waals surface area contributed by atoms with Crippen molar-refractivity contribution in [2.24, 2.45) is 0 Å². The zero-order chi connectivity index (χ0) is 19.6. The molecule has 0 bridgehead atoms. The van der Waals surface area contributed by atoms with E-state index in [2.05, 4.69) is 17.2 Å². The molecule has 0 aliphatic carbocycles. The van der Waals surface area contributed by atoms with E-state index in [9.17, 15) is 9.90 Å². The van der Waals surface area contributed by atoms with Crippen molar-refractivity contribution < 1.29 is 19.9 Å². The van der Waals surface area contributed by atoms with Crippen LogP contribution >= 0.6 is 12.2 Å². The van der Waals surface area contributed by atoms with E-state index in [0.29, 0.717) is 23.6 Å². The molecule has 0 saturated heterocycles. The largest absolute Gasteiger partial charge is 0.494 e. The summed E-state index contributed by atoms with van der Waals surface area (Å²) in [6.45, 7) is 3.44. The highest BCUT2D eigenvalue weighted by Crippen LogP contribution is 2.36. The quantitative estimate of drug-likeness (QED) is 0.650. The van der Waals surface area contributed by atoms with Crippen molar-refractivity contribution in [3.63, 3.8) is 0 Å². The number of methoxy groups -OCH3 is 2. The van der Waals surface area contributed by atoms with Crippen LogP contribution in [0.25, 0.3) is 0 Å². The van der Waals surface area contributed by atoms with Crippen LogP contribution in [0.3, 0.4) is 0 Å². The fourth-order valence-corrected chi connectivity index (χ4v) is 3.90. The van der Waals surface area contributed by atoms with Crippen LogP contribution in [0.5, 0.6) is 17.4 Å². The molecule has 146 valence electrons. The van der Waals surface area contributed by atoms with Crippen LogP contribution in [0.4, 0.5) is 0 Å². The van der Waals surface area contributed by atoms with Crippen LogP contribution in [-0.4, -0.2) is 35.4 Å². The van der Waals surface area contributed by atoms with Gasteiger partial charge < -0.3 is 19.9 Å². The number of benzene rings is 1. The SMILES string of the molecule is CCCCn1c(O)c([C@@H]2[NH2+]CCc3cc(OC)c(OC)cc32)c(=O)[nH]c1=S. The lowest BCUT2D eigenvalue weighted by molar-refractivity contribution is -0.690. The first kappa shape index (κ1) is 19.4. The lowest BCUT2D eigenvalue weighted by atomic mass is 9.90. The summed E-state index contributed by atoms with van der Waals surface area (Å²) in [5.41, 5.74) is 2.00. The standard InChI is InChI=1S/C19H25N3O4S/c1-4-5-8-22-18(24)15(17(23)21-19(22)27)16-12-10-14(26-3)13(25-2)9-11(12)6-7-20-16/h9-10,16,20,24H,4-8H2,1-3H3,(H,21,23,27)/p+1/t16-/m1/s1. The highest BCUT2D eigenvalue weighted by molar-refractivity contribution is 7.71. The first-order valence-corrected chi connectivity index (χ1v) is 9.56. The predicted molar refractivity (Wildman–Crippen MR) is 104 cm³/mol. The number of aromatic amines is 1. The number of nitrogens with one attached hydrogen (secondary N) is 1. The maximum atomic E-state index is 12.7. The first-order valence-electron chi connectivity index (χ1n) is 9.15. The molecule has 0 radical (unpaired) electrons. The maximum absolute atomic E-state index is 12.7. The summed E-state index contributed by atoms with van der Waals surface area (Å²) in [6.07, 6.45) is 2.67. The second kappa shape index (κ2) is 8.14. The molecule has 0 fully saturated rings. The molecule has 27 heavy (non-hydrogen) atoms. The molecule has 0 spiro atoms. The Kier molecular flexibility index (Phi) is 5.86. The van der Waals surface area contributed by atoms with Gasteiger partial charge in [-0.2, -0.15) is 0 Å². The van der Waals surface area contributed by atoms with Gasteiger partial charge in [-0.25, -0.2) is 0 Å². The molecule has 1 aromatic carbocycles. The Balaban J connectivity index is 2.17. The van der Waals surface area contributed by atoms with E-state index in [1.54, 1.807) is 18.8 Å². The molecule has 1 aliphatic rings. The van der Waals surface area contributed by atoms with Gasteiger partial charge in [0.25, 0.3) is 5.56 Å². The molecule has 0 amide bonds. The van der Waals surface area contributed by atoms with E-state index in [1.165, 1.54) is 0 Å². The maximum Gasteiger partial charge on any atom is 0.265 e. The summed E-state index contributed by atoms with van der Waals surface area (Å²) in [7, 11) is 3.19. The average molecular weight is 393 g/mol. The van der Waals surface area contributed by atoms with Crippen LogP contribution < -0.4 is 20.3 Å². The monoisotopic (exact) mass is 392 g/mol. The summed E-state index contributed by atoms with van der Waals surface area (Å²) >= 11 is 5.25. The number of hydrogen-bond donors (Lipinski definition) is 3. The molecule has 4 N–H and O–H groups in total. The second-order valence-corrected chi connectivity index (χ2v) is 7.05. The van der Waals surface area contributed by atoms with Crippen LogP contribution in [0.15, 0.2) is 16.9 Å². The predicted octanol–water partition coefficient (Wildman–Crippen LogP) is 1.64. The van der Waals surface area contributed by atoms with Gasteiger partial charge in [-0.3, -0.25) is 14.3 Å². The Bertz CT molecular complexity index is 951. The molecule has 0 unspecified atom stereocenters. The van der Waals surface area contributed by atoms with Crippen LogP contribution in [0, 0.1) is 4.77 Å². The summed E-state index contributed by atoms with van der Waals surface area (Å²) < 4.78 is 12.7. The second-order valence-electron chi connectivity index (χ2n) is 6.66. The minimum Gasteiger partial charge on any atom is -0.494 e. The van der Waals surface area contributed by atoms with Crippen LogP contribution in [0.2, 0.25) is 0 Å². The Morgan fingerprint density at radius 3 is 2.70 bits per heavy atom.